The zero-order valence-electron chi connectivity index (χ0n) is 23.7. The standard InChI is InChI=1S/C29H34ClF5N2O5/c1-18(17-27(31,32)42-22-8-9-23(24(30)16-22)25(38)36(2)3)14-19-10-12-37(13-11-19)26(39)28(40,29(33,34)35)20-6-5-7-21(15-20)41-4/h5-9,15-16,18-19,40H,10-14,17H2,1-4H3/t18-,28-/m1/s1. The van der Waals surface area contributed by atoms with E-state index in [9.17, 15) is 36.6 Å². The first kappa shape index (κ1) is 33.4. The number of ether oxygens (including phenoxy) is 2. The van der Waals surface area contributed by atoms with Gasteiger partial charge in [0.05, 0.1) is 24.1 Å². The lowest BCUT2D eigenvalue weighted by Crippen LogP contribution is -2.57. The number of amides is 2. The normalized spacial score (nSPS) is 16.9. The van der Waals surface area contributed by atoms with E-state index in [-0.39, 0.29) is 59.8 Å². The van der Waals surface area contributed by atoms with Gasteiger partial charge in [0.25, 0.3) is 17.4 Å². The number of piperidine rings is 1. The monoisotopic (exact) mass is 620 g/mol. The van der Waals surface area contributed by atoms with Gasteiger partial charge in [0, 0.05) is 32.7 Å². The van der Waals surface area contributed by atoms with Crippen molar-refractivity contribution in [3.8, 4) is 11.5 Å². The predicted molar refractivity (Wildman–Crippen MR) is 146 cm³/mol. The molecule has 0 unspecified atom stereocenters. The SMILES string of the molecule is COc1cccc([C@@](O)(C(=O)N2CCC(C[C@@H](C)CC(F)(F)Oc3ccc(C(=O)N(C)C)c(Cl)c3)CC2)C(F)(F)F)c1. The van der Waals surface area contributed by atoms with E-state index in [0.29, 0.717) is 6.42 Å². The fourth-order valence-electron chi connectivity index (χ4n) is 5.10. The van der Waals surface area contributed by atoms with E-state index in [2.05, 4.69) is 0 Å². The Balaban J connectivity index is 1.59. The second kappa shape index (κ2) is 13.0. The second-order valence-corrected chi connectivity index (χ2v) is 11.2. The molecule has 7 nitrogen and oxygen atoms in total. The summed E-state index contributed by atoms with van der Waals surface area (Å²) in [5, 5.41) is 10.7. The number of hydrogen-bond donors (Lipinski definition) is 1. The fourth-order valence-corrected chi connectivity index (χ4v) is 5.35. The Labute approximate surface area is 246 Å². The topological polar surface area (TPSA) is 79.3 Å². The van der Waals surface area contributed by atoms with E-state index in [1.165, 1.54) is 50.4 Å². The first-order valence-electron chi connectivity index (χ1n) is 13.3. The van der Waals surface area contributed by atoms with Crippen LogP contribution in [0.15, 0.2) is 42.5 Å². The highest BCUT2D eigenvalue weighted by atomic mass is 35.5. The van der Waals surface area contributed by atoms with Gasteiger partial charge in [-0.3, -0.25) is 9.59 Å². The van der Waals surface area contributed by atoms with Gasteiger partial charge in [0.1, 0.15) is 11.5 Å². The van der Waals surface area contributed by atoms with Crippen LogP contribution in [0.1, 0.15) is 48.5 Å². The molecule has 0 saturated carbocycles. The molecule has 1 aliphatic heterocycles. The number of rotatable bonds is 10. The molecule has 1 saturated heterocycles. The van der Waals surface area contributed by atoms with Crippen LogP contribution in [-0.2, 0) is 10.4 Å². The second-order valence-electron chi connectivity index (χ2n) is 10.8. The minimum Gasteiger partial charge on any atom is -0.497 e. The van der Waals surface area contributed by atoms with Gasteiger partial charge in [-0.05, 0) is 61.4 Å². The molecule has 2 aromatic carbocycles. The highest BCUT2D eigenvalue weighted by Gasteiger charge is 2.62. The number of hydrogen-bond acceptors (Lipinski definition) is 5. The van der Waals surface area contributed by atoms with Crippen LogP contribution in [0.2, 0.25) is 5.02 Å². The molecule has 232 valence electrons. The lowest BCUT2D eigenvalue weighted by atomic mass is 9.85. The minimum absolute atomic E-state index is 0.0276. The van der Waals surface area contributed by atoms with Crippen molar-refractivity contribution in [3.05, 3.63) is 58.6 Å². The molecule has 1 aliphatic rings. The van der Waals surface area contributed by atoms with Crippen LogP contribution in [0.3, 0.4) is 0 Å². The van der Waals surface area contributed by atoms with Crippen molar-refractivity contribution in [1.29, 1.82) is 0 Å². The van der Waals surface area contributed by atoms with Crippen LogP contribution in [0.4, 0.5) is 22.0 Å². The Kier molecular flexibility index (Phi) is 10.4. The molecule has 1 N–H and O–H groups in total. The molecule has 0 radical (unpaired) electrons. The molecule has 0 aromatic heterocycles. The Morgan fingerprint density at radius 3 is 2.26 bits per heavy atom. The van der Waals surface area contributed by atoms with Crippen molar-refractivity contribution in [2.75, 3.05) is 34.3 Å². The third-order valence-electron chi connectivity index (χ3n) is 7.28. The highest BCUT2D eigenvalue weighted by molar-refractivity contribution is 6.34. The molecule has 2 aromatic rings. The first-order valence-corrected chi connectivity index (χ1v) is 13.7. The number of aliphatic hydroxyl groups is 1. The minimum atomic E-state index is -5.29. The van der Waals surface area contributed by atoms with E-state index >= 15 is 0 Å². The van der Waals surface area contributed by atoms with Crippen LogP contribution in [-0.4, -0.2) is 73.3 Å². The molecule has 0 aliphatic carbocycles. The van der Waals surface area contributed by atoms with Crippen molar-refractivity contribution >= 4 is 23.4 Å². The lowest BCUT2D eigenvalue weighted by Gasteiger charge is -2.39. The van der Waals surface area contributed by atoms with Crippen molar-refractivity contribution in [2.45, 2.75) is 50.5 Å². The number of nitrogens with zero attached hydrogens (tertiary/aromatic N) is 2. The average molecular weight is 621 g/mol. The molecule has 0 bridgehead atoms. The summed E-state index contributed by atoms with van der Waals surface area (Å²) < 4.78 is 81.4. The number of benzene rings is 2. The molecule has 3 rings (SSSR count). The van der Waals surface area contributed by atoms with Crippen LogP contribution in [0.5, 0.6) is 11.5 Å². The molecule has 13 heteroatoms. The third-order valence-corrected chi connectivity index (χ3v) is 7.59. The number of likely N-dealkylation sites (tertiary alicyclic amines) is 1. The molecule has 42 heavy (non-hydrogen) atoms. The number of alkyl halides is 5. The van der Waals surface area contributed by atoms with Gasteiger partial charge >= 0.3 is 12.3 Å². The van der Waals surface area contributed by atoms with Crippen LogP contribution in [0, 0.1) is 11.8 Å². The summed E-state index contributed by atoms with van der Waals surface area (Å²) in [7, 11) is 4.32. The molecular weight excluding hydrogens is 587 g/mol. The van der Waals surface area contributed by atoms with E-state index in [1.807, 2.05) is 0 Å². The molecule has 1 fully saturated rings. The van der Waals surface area contributed by atoms with Gasteiger partial charge in [-0.2, -0.15) is 22.0 Å². The third kappa shape index (κ3) is 7.63. The summed E-state index contributed by atoms with van der Waals surface area (Å²) in [6.45, 7) is 1.48. The fraction of sp³-hybridized carbons (Fsp3) is 0.517. The zero-order valence-corrected chi connectivity index (χ0v) is 24.4. The molecule has 2 atom stereocenters. The summed E-state index contributed by atoms with van der Waals surface area (Å²) in [4.78, 5) is 27.4. The first-order chi connectivity index (χ1) is 19.5. The van der Waals surface area contributed by atoms with Crippen molar-refractivity contribution in [2.24, 2.45) is 11.8 Å². The lowest BCUT2D eigenvalue weighted by molar-refractivity contribution is -0.262. The summed E-state index contributed by atoms with van der Waals surface area (Å²) >= 11 is 6.08. The Morgan fingerprint density at radius 2 is 1.71 bits per heavy atom. The van der Waals surface area contributed by atoms with Crippen molar-refractivity contribution in [3.63, 3.8) is 0 Å². The van der Waals surface area contributed by atoms with Gasteiger partial charge in [-0.15, -0.1) is 0 Å². The molecule has 1 heterocycles. The van der Waals surface area contributed by atoms with Crippen LogP contribution in [0.25, 0.3) is 0 Å². The summed E-state index contributed by atoms with van der Waals surface area (Å²) in [5.41, 5.74) is -4.27. The molecule has 0 spiro atoms. The van der Waals surface area contributed by atoms with E-state index in [0.717, 1.165) is 23.1 Å². The van der Waals surface area contributed by atoms with Crippen molar-refractivity contribution in [1.82, 2.24) is 9.80 Å². The van der Waals surface area contributed by atoms with Crippen LogP contribution < -0.4 is 9.47 Å². The average Bonchev–Trinajstić information content (AvgIpc) is 2.91. The summed E-state index contributed by atoms with van der Waals surface area (Å²) in [6, 6.07) is 8.32. The number of halogens is 6. The maximum absolute atomic E-state index is 14.7. The molecular formula is C29H34ClF5N2O5. The van der Waals surface area contributed by atoms with Gasteiger partial charge in [-0.25, -0.2) is 0 Å². The Bertz CT molecular complexity index is 1270. The highest BCUT2D eigenvalue weighted by Crippen LogP contribution is 2.42. The van der Waals surface area contributed by atoms with Gasteiger partial charge in [0.15, 0.2) is 0 Å². The number of carbonyl (C=O) groups excluding carboxylic acids is 2. The van der Waals surface area contributed by atoms with Crippen molar-refractivity contribution < 1.29 is 46.1 Å². The zero-order chi connectivity index (χ0) is 31.5. The maximum atomic E-state index is 14.7. The van der Waals surface area contributed by atoms with Crippen LogP contribution >= 0.6 is 11.6 Å². The maximum Gasteiger partial charge on any atom is 0.430 e. The van der Waals surface area contributed by atoms with Gasteiger partial charge in [0.2, 0.25) is 0 Å². The Hall–Kier alpha value is -3.12. The van der Waals surface area contributed by atoms with Gasteiger partial charge < -0.3 is 24.4 Å². The number of methoxy groups -OCH3 is 1. The van der Waals surface area contributed by atoms with E-state index in [4.69, 9.17) is 21.1 Å². The summed E-state index contributed by atoms with van der Waals surface area (Å²) in [6.07, 6.45) is -8.58. The van der Waals surface area contributed by atoms with E-state index in [1.54, 1.807) is 6.92 Å². The smallest absolute Gasteiger partial charge is 0.430 e. The Morgan fingerprint density at radius 1 is 1.07 bits per heavy atom. The summed E-state index contributed by atoms with van der Waals surface area (Å²) in [5.74, 6) is -2.68. The molecule has 2 amide bonds. The van der Waals surface area contributed by atoms with Gasteiger partial charge in [-0.1, -0.05) is 30.7 Å². The quantitative estimate of drug-likeness (QED) is 0.324. The number of carbonyl (C=O) groups is 2. The largest absolute Gasteiger partial charge is 0.497 e. The van der Waals surface area contributed by atoms with E-state index < -0.39 is 41.7 Å². The predicted octanol–water partition coefficient (Wildman–Crippen LogP) is 6.13.